The molecule has 1 aliphatic rings. The van der Waals surface area contributed by atoms with Crippen LogP contribution in [0.4, 0.5) is 5.69 Å². The van der Waals surface area contributed by atoms with Gasteiger partial charge in [0.1, 0.15) is 5.82 Å². The van der Waals surface area contributed by atoms with Crippen LogP contribution in [-0.2, 0) is 0 Å². The maximum absolute atomic E-state index is 9.31. The molecule has 2 N–H and O–H groups in total. The second kappa shape index (κ2) is 5.15. The largest absolute Gasteiger partial charge is 0.392 e. The maximum Gasteiger partial charge on any atom is 0.131 e. The second-order valence-electron chi connectivity index (χ2n) is 4.35. The highest BCUT2D eigenvalue weighted by molar-refractivity contribution is 5.66. The van der Waals surface area contributed by atoms with E-state index in [9.17, 15) is 5.11 Å². The van der Waals surface area contributed by atoms with Crippen LogP contribution in [0, 0.1) is 13.8 Å². The molecule has 0 amide bonds. The van der Waals surface area contributed by atoms with E-state index < -0.39 is 0 Å². The molecule has 0 atom stereocenters. The van der Waals surface area contributed by atoms with Gasteiger partial charge in [0.2, 0.25) is 0 Å². The van der Waals surface area contributed by atoms with E-state index >= 15 is 0 Å². The highest BCUT2D eigenvalue weighted by Gasteiger charge is 2.11. The number of aliphatic imine (C=N–C) groups is 1. The van der Waals surface area contributed by atoms with Crippen LogP contribution in [0.3, 0.4) is 0 Å². The van der Waals surface area contributed by atoms with E-state index in [0.717, 1.165) is 29.9 Å². The number of benzene rings is 1. The molecule has 1 aromatic carbocycles. The monoisotopic (exact) mass is 230 g/mol. The summed E-state index contributed by atoms with van der Waals surface area (Å²) < 4.78 is 0. The number of nitrogens with one attached hydrogen (secondary N) is 1. The number of para-hydroxylation sites is 1. The SMILES string of the molecule is Cc1cccc(C)c1NC1=C(CO)CCC=N1. The Labute approximate surface area is 102 Å². The predicted molar refractivity (Wildman–Crippen MR) is 71.4 cm³/mol. The minimum absolute atomic E-state index is 0.0740. The Morgan fingerprint density at radius 1 is 1.29 bits per heavy atom. The number of aliphatic hydroxyl groups excluding tert-OH is 1. The van der Waals surface area contributed by atoms with E-state index in [1.165, 1.54) is 11.1 Å². The molecule has 1 aromatic rings. The maximum atomic E-state index is 9.31. The van der Waals surface area contributed by atoms with Gasteiger partial charge in [0.05, 0.1) is 6.61 Å². The molecule has 17 heavy (non-hydrogen) atoms. The van der Waals surface area contributed by atoms with Crippen LogP contribution in [0.5, 0.6) is 0 Å². The van der Waals surface area contributed by atoms with E-state index in [2.05, 4.69) is 36.3 Å². The number of rotatable bonds is 3. The fraction of sp³-hybridized carbons (Fsp3) is 0.357. The van der Waals surface area contributed by atoms with Crippen molar-refractivity contribution in [1.82, 2.24) is 0 Å². The van der Waals surface area contributed by atoms with Gasteiger partial charge in [-0.15, -0.1) is 0 Å². The van der Waals surface area contributed by atoms with Crippen LogP contribution in [-0.4, -0.2) is 17.9 Å². The first-order chi connectivity index (χ1) is 8.22. The Morgan fingerprint density at radius 2 is 2.00 bits per heavy atom. The summed E-state index contributed by atoms with van der Waals surface area (Å²) in [5.41, 5.74) is 4.45. The van der Waals surface area contributed by atoms with Gasteiger partial charge in [0.25, 0.3) is 0 Å². The van der Waals surface area contributed by atoms with E-state index in [0.29, 0.717) is 0 Å². The van der Waals surface area contributed by atoms with Crippen molar-refractivity contribution >= 4 is 11.9 Å². The molecule has 0 saturated heterocycles. The van der Waals surface area contributed by atoms with Crippen molar-refractivity contribution in [3.05, 3.63) is 40.7 Å². The predicted octanol–water partition coefficient (Wildman–Crippen LogP) is 2.78. The Bertz CT molecular complexity index is 455. The van der Waals surface area contributed by atoms with Crippen molar-refractivity contribution in [1.29, 1.82) is 0 Å². The number of hydrogen-bond acceptors (Lipinski definition) is 3. The molecule has 0 radical (unpaired) electrons. The zero-order valence-corrected chi connectivity index (χ0v) is 10.3. The lowest BCUT2D eigenvalue weighted by molar-refractivity contribution is 0.325. The first-order valence-electron chi connectivity index (χ1n) is 5.91. The quantitative estimate of drug-likeness (QED) is 0.838. The summed E-state index contributed by atoms with van der Waals surface area (Å²) in [7, 11) is 0. The molecule has 0 bridgehead atoms. The van der Waals surface area contributed by atoms with Gasteiger partial charge in [0, 0.05) is 11.9 Å². The Morgan fingerprint density at radius 3 is 2.65 bits per heavy atom. The van der Waals surface area contributed by atoms with E-state index in [1.807, 2.05) is 12.3 Å². The zero-order chi connectivity index (χ0) is 12.3. The Hall–Kier alpha value is -1.61. The minimum atomic E-state index is 0.0740. The summed E-state index contributed by atoms with van der Waals surface area (Å²) in [6.07, 6.45) is 3.69. The number of hydrogen-bond donors (Lipinski definition) is 2. The van der Waals surface area contributed by atoms with Crippen LogP contribution in [0.15, 0.2) is 34.6 Å². The highest BCUT2D eigenvalue weighted by Crippen LogP contribution is 2.24. The first kappa shape index (κ1) is 11.9. The molecule has 0 fully saturated rings. The molecule has 3 nitrogen and oxygen atoms in total. The van der Waals surface area contributed by atoms with Gasteiger partial charge in [0.15, 0.2) is 0 Å². The third kappa shape index (κ3) is 2.56. The molecule has 0 unspecified atom stereocenters. The van der Waals surface area contributed by atoms with Gasteiger partial charge in [-0.1, -0.05) is 18.2 Å². The van der Waals surface area contributed by atoms with Crippen LogP contribution < -0.4 is 5.32 Å². The molecule has 0 saturated carbocycles. The van der Waals surface area contributed by atoms with Gasteiger partial charge in [-0.3, -0.25) is 0 Å². The van der Waals surface area contributed by atoms with E-state index in [4.69, 9.17) is 0 Å². The summed E-state index contributed by atoms with van der Waals surface area (Å²) in [5.74, 6) is 0.802. The van der Waals surface area contributed by atoms with Crippen molar-refractivity contribution in [2.75, 3.05) is 11.9 Å². The van der Waals surface area contributed by atoms with Gasteiger partial charge < -0.3 is 10.4 Å². The number of aliphatic hydroxyl groups is 1. The first-order valence-corrected chi connectivity index (χ1v) is 5.91. The summed E-state index contributed by atoms with van der Waals surface area (Å²) in [6, 6.07) is 6.18. The smallest absolute Gasteiger partial charge is 0.131 e. The van der Waals surface area contributed by atoms with Crippen molar-refractivity contribution in [2.24, 2.45) is 4.99 Å². The van der Waals surface area contributed by atoms with Crippen molar-refractivity contribution in [3.8, 4) is 0 Å². The number of nitrogens with zero attached hydrogens (tertiary/aromatic N) is 1. The minimum Gasteiger partial charge on any atom is -0.392 e. The highest BCUT2D eigenvalue weighted by atomic mass is 16.3. The summed E-state index contributed by atoms with van der Waals surface area (Å²) >= 11 is 0. The van der Waals surface area contributed by atoms with Crippen LogP contribution in [0.2, 0.25) is 0 Å². The lowest BCUT2D eigenvalue weighted by Gasteiger charge is -2.18. The Balaban J connectivity index is 2.32. The molecule has 0 spiro atoms. The van der Waals surface area contributed by atoms with E-state index in [-0.39, 0.29) is 6.61 Å². The summed E-state index contributed by atoms with van der Waals surface area (Å²) in [4.78, 5) is 4.34. The fourth-order valence-electron chi connectivity index (χ4n) is 2.01. The second-order valence-corrected chi connectivity index (χ2v) is 4.35. The average Bonchev–Trinajstić information content (AvgIpc) is 2.34. The molecule has 1 aliphatic heterocycles. The Kier molecular flexibility index (Phi) is 3.59. The third-order valence-electron chi connectivity index (χ3n) is 3.05. The fourth-order valence-corrected chi connectivity index (χ4v) is 2.01. The third-order valence-corrected chi connectivity index (χ3v) is 3.05. The molecule has 3 heteroatoms. The molecular formula is C14H18N2O. The van der Waals surface area contributed by atoms with Gasteiger partial charge in [-0.25, -0.2) is 4.99 Å². The topological polar surface area (TPSA) is 44.6 Å². The van der Waals surface area contributed by atoms with Crippen LogP contribution >= 0.6 is 0 Å². The molecule has 90 valence electrons. The van der Waals surface area contributed by atoms with Gasteiger partial charge in [-0.2, -0.15) is 0 Å². The molecule has 2 rings (SSSR count). The molecule has 0 aromatic heterocycles. The zero-order valence-electron chi connectivity index (χ0n) is 10.3. The lowest BCUT2D eigenvalue weighted by atomic mass is 10.1. The lowest BCUT2D eigenvalue weighted by Crippen LogP contribution is -2.10. The number of aryl methyl sites for hydroxylation is 2. The standard InChI is InChI=1S/C14H18N2O/c1-10-5-3-6-11(2)13(10)16-14-12(9-17)7-4-8-15-14/h3,5-6,8,16-17H,4,7,9H2,1-2H3. The summed E-state index contributed by atoms with van der Waals surface area (Å²) in [5, 5.41) is 12.6. The van der Waals surface area contributed by atoms with Gasteiger partial charge in [-0.05, 0) is 43.4 Å². The van der Waals surface area contributed by atoms with Gasteiger partial charge >= 0.3 is 0 Å². The molecular weight excluding hydrogens is 212 g/mol. The van der Waals surface area contributed by atoms with E-state index in [1.54, 1.807) is 0 Å². The molecule has 0 aliphatic carbocycles. The average molecular weight is 230 g/mol. The van der Waals surface area contributed by atoms with Crippen LogP contribution in [0.1, 0.15) is 24.0 Å². The van der Waals surface area contributed by atoms with Crippen molar-refractivity contribution < 1.29 is 5.11 Å². The summed E-state index contributed by atoms with van der Waals surface area (Å²) in [6.45, 7) is 4.21. The molecule has 1 heterocycles. The normalized spacial score (nSPS) is 15.2. The van der Waals surface area contributed by atoms with Crippen LogP contribution in [0.25, 0.3) is 0 Å². The van der Waals surface area contributed by atoms with Crippen molar-refractivity contribution in [2.45, 2.75) is 26.7 Å². The number of anilines is 1. The van der Waals surface area contributed by atoms with Crippen molar-refractivity contribution in [3.63, 3.8) is 0 Å².